The highest BCUT2D eigenvalue weighted by molar-refractivity contribution is 7.89. The number of rotatable bonds is 5. The van der Waals surface area contributed by atoms with Gasteiger partial charge >= 0.3 is 5.63 Å². The Morgan fingerprint density at radius 2 is 1.79 bits per heavy atom. The van der Waals surface area contributed by atoms with E-state index in [0.717, 1.165) is 23.3 Å². The molecule has 3 heterocycles. The Bertz CT molecular complexity index is 1580. The molecule has 0 unspecified atom stereocenters. The zero-order chi connectivity index (χ0) is 26.1. The molecule has 3 aromatic rings. The van der Waals surface area contributed by atoms with Crippen LogP contribution in [0.4, 0.5) is 5.82 Å². The summed E-state index contributed by atoms with van der Waals surface area (Å²) in [6, 6.07) is 7.29. The van der Waals surface area contributed by atoms with E-state index >= 15 is 0 Å². The molecular formula is C28H30N4O5S. The monoisotopic (exact) mass is 534 g/mol. The van der Waals surface area contributed by atoms with Crippen molar-refractivity contribution in [2.45, 2.75) is 62.8 Å². The molecule has 38 heavy (non-hydrogen) atoms. The van der Waals surface area contributed by atoms with Gasteiger partial charge in [0, 0.05) is 30.0 Å². The third-order valence-electron chi connectivity index (χ3n) is 9.16. The molecule has 0 spiro atoms. The number of anilines is 1. The molecule has 2 aromatic heterocycles. The molecule has 1 N–H and O–H groups in total. The van der Waals surface area contributed by atoms with E-state index < -0.39 is 15.6 Å². The normalized spacial score (nSPS) is 28.4. The van der Waals surface area contributed by atoms with Crippen LogP contribution in [0.1, 0.15) is 56.2 Å². The Kier molecular flexibility index (Phi) is 5.49. The SMILES string of the molecule is O=C(CC12CC3CC(CC(C3)C1)C2)Nc1ncnc2c1CCN(S(=O)(=O)c1ccc3oc(=O)ccc3c1)C2. The van der Waals surface area contributed by atoms with Crippen molar-refractivity contribution in [3.05, 3.63) is 58.3 Å². The molecule has 10 heteroatoms. The molecule has 0 saturated heterocycles. The first-order valence-electron chi connectivity index (χ1n) is 13.4. The lowest BCUT2D eigenvalue weighted by atomic mass is 9.49. The van der Waals surface area contributed by atoms with Gasteiger partial charge < -0.3 is 9.73 Å². The van der Waals surface area contributed by atoms with Crippen LogP contribution in [0.3, 0.4) is 0 Å². The number of hydrogen-bond acceptors (Lipinski definition) is 7. The first-order valence-corrected chi connectivity index (χ1v) is 14.9. The number of amides is 1. The molecule has 198 valence electrons. The van der Waals surface area contributed by atoms with Crippen LogP contribution in [0.5, 0.6) is 0 Å². The van der Waals surface area contributed by atoms with Crippen molar-refractivity contribution < 1.29 is 17.6 Å². The zero-order valence-corrected chi connectivity index (χ0v) is 21.9. The predicted molar refractivity (Wildman–Crippen MR) is 140 cm³/mol. The summed E-state index contributed by atoms with van der Waals surface area (Å²) in [4.78, 5) is 33.5. The van der Waals surface area contributed by atoms with Gasteiger partial charge in [0.05, 0.1) is 17.1 Å². The zero-order valence-electron chi connectivity index (χ0n) is 21.1. The number of nitrogens with one attached hydrogen (secondary N) is 1. The highest BCUT2D eigenvalue weighted by atomic mass is 32.2. The van der Waals surface area contributed by atoms with Crippen LogP contribution in [-0.4, -0.2) is 35.1 Å². The number of aromatic nitrogens is 2. The van der Waals surface area contributed by atoms with Gasteiger partial charge in [0.25, 0.3) is 0 Å². The van der Waals surface area contributed by atoms with E-state index in [9.17, 15) is 18.0 Å². The van der Waals surface area contributed by atoms with Crippen LogP contribution in [-0.2, 0) is 27.8 Å². The molecule has 5 aliphatic rings. The molecule has 4 bridgehead atoms. The van der Waals surface area contributed by atoms with Gasteiger partial charge in [-0.15, -0.1) is 0 Å². The number of fused-ring (bicyclic) bond motifs is 2. The van der Waals surface area contributed by atoms with Gasteiger partial charge in [-0.05, 0) is 92.4 Å². The van der Waals surface area contributed by atoms with Crippen molar-refractivity contribution in [3.8, 4) is 0 Å². The Morgan fingerprint density at radius 3 is 2.53 bits per heavy atom. The maximum Gasteiger partial charge on any atom is 0.336 e. The van der Waals surface area contributed by atoms with E-state index in [1.165, 1.54) is 73.4 Å². The maximum atomic E-state index is 13.4. The highest BCUT2D eigenvalue weighted by Gasteiger charge is 2.51. The van der Waals surface area contributed by atoms with Crippen LogP contribution in [0.25, 0.3) is 11.0 Å². The molecule has 9 nitrogen and oxygen atoms in total. The molecule has 8 rings (SSSR count). The number of benzene rings is 1. The first kappa shape index (κ1) is 24.0. The van der Waals surface area contributed by atoms with Crippen molar-refractivity contribution in [1.82, 2.24) is 14.3 Å². The molecule has 4 saturated carbocycles. The van der Waals surface area contributed by atoms with Crippen molar-refractivity contribution in [2.75, 3.05) is 11.9 Å². The van der Waals surface area contributed by atoms with Crippen LogP contribution in [0.2, 0.25) is 0 Å². The minimum Gasteiger partial charge on any atom is -0.423 e. The van der Waals surface area contributed by atoms with Crippen molar-refractivity contribution in [2.24, 2.45) is 23.2 Å². The fraction of sp³-hybridized carbons (Fsp3) is 0.500. The molecule has 4 fully saturated rings. The van der Waals surface area contributed by atoms with Gasteiger partial charge in [-0.25, -0.2) is 23.2 Å². The summed E-state index contributed by atoms with van der Waals surface area (Å²) >= 11 is 0. The van der Waals surface area contributed by atoms with Gasteiger partial charge in [0.15, 0.2) is 0 Å². The summed E-state index contributed by atoms with van der Waals surface area (Å²) < 4.78 is 33.4. The van der Waals surface area contributed by atoms with E-state index in [1.807, 2.05) is 0 Å². The molecular weight excluding hydrogens is 504 g/mol. The molecule has 1 aromatic carbocycles. The lowest BCUT2D eigenvalue weighted by Crippen LogP contribution is -2.47. The van der Waals surface area contributed by atoms with Crippen LogP contribution >= 0.6 is 0 Å². The largest absolute Gasteiger partial charge is 0.423 e. The number of nitrogens with zero attached hydrogens (tertiary/aromatic N) is 3. The molecule has 0 radical (unpaired) electrons. The molecule has 4 aliphatic carbocycles. The topological polar surface area (TPSA) is 122 Å². The quantitative estimate of drug-likeness (QED) is 0.493. The first-order chi connectivity index (χ1) is 18.3. The van der Waals surface area contributed by atoms with Crippen molar-refractivity contribution >= 4 is 32.7 Å². The average Bonchev–Trinajstić information content (AvgIpc) is 2.87. The number of sulfonamides is 1. The summed E-state index contributed by atoms with van der Waals surface area (Å²) in [5.74, 6) is 2.87. The van der Waals surface area contributed by atoms with Gasteiger partial charge in [0.2, 0.25) is 15.9 Å². The maximum absolute atomic E-state index is 13.4. The Balaban J connectivity index is 1.08. The fourth-order valence-electron chi connectivity index (χ4n) is 8.03. The predicted octanol–water partition coefficient (Wildman–Crippen LogP) is 3.88. The van der Waals surface area contributed by atoms with E-state index in [-0.39, 0.29) is 29.3 Å². The second-order valence-electron chi connectivity index (χ2n) is 11.8. The third kappa shape index (κ3) is 4.14. The van der Waals surface area contributed by atoms with Crippen LogP contribution in [0, 0.1) is 23.2 Å². The summed E-state index contributed by atoms with van der Waals surface area (Å²) in [6.07, 6.45) is 9.88. The highest BCUT2D eigenvalue weighted by Crippen LogP contribution is 2.61. The second-order valence-corrected chi connectivity index (χ2v) is 13.8. The summed E-state index contributed by atoms with van der Waals surface area (Å²) in [7, 11) is -3.81. The van der Waals surface area contributed by atoms with Gasteiger partial charge in [-0.1, -0.05) is 0 Å². The van der Waals surface area contributed by atoms with Gasteiger partial charge in [-0.3, -0.25) is 4.79 Å². The van der Waals surface area contributed by atoms with Crippen LogP contribution < -0.4 is 10.9 Å². The standard InChI is InChI=1S/C28H30N4O5S/c33-25(14-28-11-17-7-18(12-28)9-19(8-17)13-28)31-27-22-5-6-32(15-23(22)29-16-30-27)38(35,36)21-2-3-24-20(10-21)1-4-26(34)37-24/h1-4,10,16-19H,5-9,11-15H2,(H,29,30,31,33). The fourth-order valence-corrected chi connectivity index (χ4v) is 9.46. The average molecular weight is 535 g/mol. The van der Waals surface area contributed by atoms with E-state index in [1.54, 1.807) is 6.07 Å². The molecule has 1 aliphatic heterocycles. The lowest BCUT2D eigenvalue weighted by molar-refractivity contribution is -0.124. The van der Waals surface area contributed by atoms with E-state index in [4.69, 9.17) is 4.42 Å². The number of carbonyl (C=O) groups excluding carboxylic acids is 1. The molecule has 1 amide bonds. The van der Waals surface area contributed by atoms with Gasteiger partial charge in [-0.2, -0.15) is 4.31 Å². The smallest absolute Gasteiger partial charge is 0.336 e. The lowest BCUT2D eigenvalue weighted by Gasteiger charge is -2.56. The van der Waals surface area contributed by atoms with E-state index in [0.29, 0.717) is 35.3 Å². The minimum atomic E-state index is -3.81. The Hall–Kier alpha value is -3.11. The summed E-state index contributed by atoms with van der Waals surface area (Å²) in [5, 5.41) is 3.60. The summed E-state index contributed by atoms with van der Waals surface area (Å²) in [6.45, 7) is 0.350. The van der Waals surface area contributed by atoms with Crippen molar-refractivity contribution in [3.63, 3.8) is 0 Å². The van der Waals surface area contributed by atoms with Crippen molar-refractivity contribution in [1.29, 1.82) is 0 Å². The molecule has 0 atom stereocenters. The summed E-state index contributed by atoms with van der Waals surface area (Å²) in [5.41, 5.74) is 1.40. The number of carbonyl (C=O) groups is 1. The second kappa shape index (κ2) is 8.71. The number of hydrogen-bond donors (Lipinski definition) is 1. The third-order valence-corrected chi connectivity index (χ3v) is 11.0. The van der Waals surface area contributed by atoms with Crippen LogP contribution in [0.15, 0.2) is 50.8 Å². The minimum absolute atomic E-state index is 0.00529. The van der Waals surface area contributed by atoms with E-state index in [2.05, 4.69) is 15.3 Å². The van der Waals surface area contributed by atoms with Gasteiger partial charge in [0.1, 0.15) is 17.7 Å². The Labute approximate surface area is 220 Å². The Morgan fingerprint density at radius 1 is 1.05 bits per heavy atom.